The molecule has 0 saturated heterocycles. The normalized spacial score (nSPS) is 23.5. The van der Waals surface area contributed by atoms with Crippen LogP contribution in [0.5, 0.6) is 0 Å². The Labute approximate surface area is 123 Å². The van der Waals surface area contributed by atoms with Crippen molar-refractivity contribution in [2.75, 3.05) is 17.7 Å². The maximum absolute atomic E-state index is 12.9. The highest BCUT2D eigenvalue weighted by Gasteiger charge is 2.32. The molecule has 1 aromatic heterocycles. The summed E-state index contributed by atoms with van der Waals surface area (Å²) in [6.07, 6.45) is 1.22. The zero-order chi connectivity index (χ0) is 15.5. The molecule has 2 rings (SSSR count). The summed E-state index contributed by atoms with van der Waals surface area (Å²) in [5.74, 6) is 0.975. The van der Waals surface area contributed by atoms with Crippen molar-refractivity contribution in [3.05, 3.63) is 17.7 Å². The van der Waals surface area contributed by atoms with Crippen molar-refractivity contribution in [2.45, 2.75) is 51.2 Å². The van der Waals surface area contributed by atoms with E-state index in [-0.39, 0.29) is 11.9 Å². The predicted octanol–water partition coefficient (Wildman–Crippen LogP) is 4.52. The Hall–Kier alpha value is -1.46. The number of pyridine rings is 1. The molecular formula is C15H22F3N3. The lowest BCUT2D eigenvalue weighted by atomic mass is 9.97. The Morgan fingerprint density at radius 3 is 2.43 bits per heavy atom. The molecule has 1 aromatic rings. The lowest BCUT2D eigenvalue weighted by molar-refractivity contribution is -0.137. The highest BCUT2D eigenvalue weighted by molar-refractivity contribution is 5.50. The summed E-state index contributed by atoms with van der Waals surface area (Å²) in [6.45, 7) is 2.15. The maximum Gasteiger partial charge on any atom is 0.416 e. The highest BCUT2D eigenvalue weighted by Crippen LogP contribution is 2.33. The molecule has 2 atom stereocenters. The predicted molar refractivity (Wildman–Crippen MR) is 78.4 cm³/mol. The smallest absolute Gasteiger partial charge is 0.373 e. The van der Waals surface area contributed by atoms with Gasteiger partial charge in [-0.3, -0.25) is 0 Å². The Morgan fingerprint density at radius 1 is 1.10 bits per heavy atom. The second-order valence-corrected chi connectivity index (χ2v) is 5.74. The Morgan fingerprint density at radius 2 is 1.76 bits per heavy atom. The number of anilines is 2. The van der Waals surface area contributed by atoms with E-state index in [1.807, 2.05) is 0 Å². The summed E-state index contributed by atoms with van der Waals surface area (Å²) < 4.78 is 38.8. The Kier molecular flexibility index (Phi) is 4.96. The number of halogens is 3. The summed E-state index contributed by atoms with van der Waals surface area (Å²) in [5.41, 5.74) is -0.675. The van der Waals surface area contributed by atoms with E-state index in [4.69, 9.17) is 0 Å². The number of nitrogens with one attached hydrogen (secondary N) is 2. The first-order valence-corrected chi connectivity index (χ1v) is 7.43. The van der Waals surface area contributed by atoms with Crippen LogP contribution in [0.3, 0.4) is 0 Å². The summed E-state index contributed by atoms with van der Waals surface area (Å²) in [4.78, 5) is 4.20. The van der Waals surface area contributed by atoms with Crippen LogP contribution in [0.2, 0.25) is 0 Å². The molecule has 0 bridgehead atoms. The molecular weight excluding hydrogens is 279 g/mol. The lowest BCUT2D eigenvalue weighted by Crippen LogP contribution is -2.27. The van der Waals surface area contributed by atoms with Crippen LogP contribution < -0.4 is 10.6 Å². The number of hydrogen-bond donors (Lipinski definition) is 2. The minimum absolute atomic E-state index is 0.188. The van der Waals surface area contributed by atoms with Crippen LogP contribution >= 0.6 is 0 Å². The van der Waals surface area contributed by atoms with E-state index >= 15 is 0 Å². The molecule has 1 saturated carbocycles. The van der Waals surface area contributed by atoms with E-state index in [0.717, 1.165) is 31.4 Å². The Balaban J connectivity index is 2.22. The van der Waals surface area contributed by atoms with Crippen molar-refractivity contribution in [2.24, 2.45) is 5.92 Å². The van der Waals surface area contributed by atoms with Crippen LogP contribution in [0.4, 0.5) is 24.8 Å². The second-order valence-electron chi connectivity index (χ2n) is 5.74. The van der Waals surface area contributed by atoms with Gasteiger partial charge in [-0.25, -0.2) is 4.98 Å². The third kappa shape index (κ3) is 4.25. The van der Waals surface area contributed by atoms with Gasteiger partial charge in [0, 0.05) is 13.1 Å². The van der Waals surface area contributed by atoms with E-state index in [1.54, 1.807) is 7.05 Å². The van der Waals surface area contributed by atoms with Crippen molar-refractivity contribution in [3.8, 4) is 0 Å². The van der Waals surface area contributed by atoms with Gasteiger partial charge in [-0.05, 0) is 30.9 Å². The highest BCUT2D eigenvalue weighted by atomic mass is 19.4. The third-order valence-corrected chi connectivity index (χ3v) is 4.10. The van der Waals surface area contributed by atoms with Crippen LogP contribution in [-0.4, -0.2) is 18.1 Å². The molecule has 2 unspecified atom stereocenters. The molecule has 1 aliphatic carbocycles. The quantitative estimate of drug-likeness (QED) is 0.806. The fraction of sp³-hybridized carbons (Fsp3) is 0.667. The summed E-state index contributed by atoms with van der Waals surface area (Å²) in [5, 5.41) is 5.90. The molecule has 1 heterocycles. The number of alkyl halides is 3. The average molecular weight is 301 g/mol. The first kappa shape index (κ1) is 15.9. The number of rotatable bonds is 3. The van der Waals surface area contributed by atoms with Crippen molar-refractivity contribution in [3.63, 3.8) is 0 Å². The van der Waals surface area contributed by atoms with Crippen LogP contribution in [0.15, 0.2) is 12.1 Å². The van der Waals surface area contributed by atoms with Gasteiger partial charge in [-0.15, -0.1) is 0 Å². The molecule has 0 aliphatic heterocycles. The molecule has 21 heavy (non-hydrogen) atoms. The van der Waals surface area contributed by atoms with E-state index in [1.165, 1.54) is 12.8 Å². The molecule has 2 N–H and O–H groups in total. The first-order chi connectivity index (χ1) is 9.90. The van der Waals surface area contributed by atoms with Crippen molar-refractivity contribution in [1.82, 2.24) is 4.98 Å². The van der Waals surface area contributed by atoms with Crippen LogP contribution in [0.1, 0.15) is 44.6 Å². The monoisotopic (exact) mass is 301 g/mol. The van der Waals surface area contributed by atoms with Gasteiger partial charge in [0.25, 0.3) is 0 Å². The van der Waals surface area contributed by atoms with E-state index < -0.39 is 11.7 Å². The second kappa shape index (κ2) is 6.54. The van der Waals surface area contributed by atoms with Gasteiger partial charge in [0.2, 0.25) is 0 Å². The van der Waals surface area contributed by atoms with Gasteiger partial charge in [0.05, 0.1) is 5.56 Å². The van der Waals surface area contributed by atoms with Gasteiger partial charge < -0.3 is 10.6 Å². The number of aromatic nitrogens is 1. The van der Waals surface area contributed by atoms with Gasteiger partial charge in [0.15, 0.2) is 0 Å². The van der Waals surface area contributed by atoms with Crippen molar-refractivity contribution >= 4 is 11.6 Å². The van der Waals surface area contributed by atoms with Gasteiger partial charge in [0.1, 0.15) is 11.6 Å². The molecule has 1 fully saturated rings. The van der Waals surface area contributed by atoms with Crippen LogP contribution in [0, 0.1) is 5.92 Å². The first-order valence-electron chi connectivity index (χ1n) is 7.43. The zero-order valence-electron chi connectivity index (χ0n) is 12.4. The molecule has 3 nitrogen and oxygen atoms in total. The van der Waals surface area contributed by atoms with Crippen LogP contribution in [0.25, 0.3) is 0 Å². The summed E-state index contributed by atoms with van der Waals surface area (Å²) in [6, 6.07) is 2.31. The number of hydrogen-bond acceptors (Lipinski definition) is 3. The van der Waals surface area contributed by atoms with E-state index in [0.29, 0.717) is 11.7 Å². The van der Waals surface area contributed by atoms with E-state index in [9.17, 15) is 13.2 Å². The molecule has 1 aliphatic rings. The fourth-order valence-electron chi connectivity index (χ4n) is 2.79. The summed E-state index contributed by atoms with van der Waals surface area (Å²) in [7, 11) is 1.57. The zero-order valence-corrected chi connectivity index (χ0v) is 12.4. The minimum atomic E-state index is -4.36. The van der Waals surface area contributed by atoms with Crippen molar-refractivity contribution in [1.29, 1.82) is 0 Å². The number of nitrogens with zero attached hydrogens (tertiary/aromatic N) is 1. The summed E-state index contributed by atoms with van der Waals surface area (Å²) >= 11 is 0. The fourth-order valence-corrected chi connectivity index (χ4v) is 2.79. The topological polar surface area (TPSA) is 37.0 Å². The average Bonchev–Trinajstić information content (AvgIpc) is 2.63. The third-order valence-electron chi connectivity index (χ3n) is 4.10. The van der Waals surface area contributed by atoms with Gasteiger partial charge >= 0.3 is 6.18 Å². The molecule has 6 heteroatoms. The Bertz CT molecular complexity index is 474. The molecule has 0 aromatic carbocycles. The van der Waals surface area contributed by atoms with Gasteiger partial charge in [-0.2, -0.15) is 13.2 Å². The van der Waals surface area contributed by atoms with Crippen LogP contribution in [-0.2, 0) is 6.18 Å². The molecule has 118 valence electrons. The van der Waals surface area contributed by atoms with Crippen molar-refractivity contribution < 1.29 is 13.2 Å². The van der Waals surface area contributed by atoms with E-state index in [2.05, 4.69) is 22.5 Å². The standard InChI is InChI=1S/C15H22F3N3/c1-10-6-4-3-5-7-12(10)20-14-9-11(15(16,17)18)8-13(19-2)21-14/h8-10,12H,3-7H2,1-2H3,(H2,19,20,21). The van der Waals surface area contributed by atoms with Gasteiger partial charge in [-0.1, -0.05) is 26.2 Å². The molecule has 0 radical (unpaired) electrons. The largest absolute Gasteiger partial charge is 0.416 e. The molecule has 0 spiro atoms. The minimum Gasteiger partial charge on any atom is -0.373 e. The lowest BCUT2D eigenvalue weighted by Gasteiger charge is -2.24. The SMILES string of the molecule is CNc1cc(C(F)(F)F)cc(NC2CCCCCC2C)n1. The maximum atomic E-state index is 12.9. The molecule has 0 amide bonds.